The highest BCUT2D eigenvalue weighted by Gasteiger charge is 2.18. The Bertz CT molecular complexity index is 575. The number of amides is 1. The molecule has 2 heterocycles. The monoisotopic (exact) mass is 266 g/mol. The van der Waals surface area contributed by atoms with Crippen LogP contribution >= 0.6 is 11.8 Å². The maximum atomic E-state index is 11.0. The number of rotatable bonds is 4. The molecule has 0 radical (unpaired) electrons. The molecule has 2 aromatic heterocycles. The number of hydrogen-bond donors (Lipinski definition) is 1. The van der Waals surface area contributed by atoms with Crippen LogP contribution in [0.4, 0.5) is 0 Å². The van der Waals surface area contributed by atoms with Gasteiger partial charge in [0.2, 0.25) is 5.91 Å². The molecule has 0 aliphatic heterocycles. The molecule has 0 unspecified atom stereocenters. The molecule has 7 heteroatoms. The fourth-order valence-corrected chi connectivity index (χ4v) is 2.25. The number of furan rings is 1. The Hall–Kier alpha value is -1.76. The summed E-state index contributed by atoms with van der Waals surface area (Å²) in [4.78, 5) is 11.0. The van der Waals surface area contributed by atoms with E-state index in [1.165, 1.54) is 11.8 Å². The number of aryl methyl sites for hydroxylation is 1. The van der Waals surface area contributed by atoms with Gasteiger partial charge < -0.3 is 14.7 Å². The predicted molar refractivity (Wildman–Crippen MR) is 68.0 cm³/mol. The Morgan fingerprint density at radius 1 is 1.56 bits per heavy atom. The number of nitrogens with zero attached hydrogens (tertiary/aromatic N) is 3. The van der Waals surface area contributed by atoms with E-state index in [0.29, 0.717) is 11.0 Å². The molecule has 0 bridgehead atoms. The molecule has 0 aliphatic carbocycles. The molecule has 2 aromatic rings. The van der Waals surface area contributed by atoms with Crippen molar-refractivity contribution in [1.29, 1.82) is 0 Å². The minimum absolute atomic E-state index is 0.341. The first-order chi connectivity index (χ1) is 8.50. The highest BCUT2D eigenvalue weighted by Crippen LogP contribution is 2.27. The topological polar surface area (TPSA) is 86.9 Å². The molecule has 2 rings (SSSR count). The SMILES string of the molecule is Cc1occc1-c1nnc(S[C@H](C)C(N)=O)n1C. The minimum atomic E-state index is -0.371. The van der Waals surface area contributed by atoms with Gasteiger partial charge in [0.15, 0.2) is 11.0 Å². The molecular weight excluding hydrogens is 252 g/mol. The Labute approximate surface area is 109 Å². The van der Waals surface area contributed by atoms with Gasteiger partial charge >= 0.3 is 0 Å². The Kier molecular flexibility index (Phi) is 3.42. The molecule has 0 spiro atoms. The number of primary amides is 1. The third-order valence-electron chi connectivity index (χ3n) is 2.62. The van der Waals surface area contributed by atoms with Gasteiger partial charge in [0, 0.05) is 7.05 Å². The smallest absolute Gasteiger partial charge is 0.230 e. The van der Waals surface area contributed by atoms with E-state index in [4.69, 9.17) is 10.2 Å². The quantitative estimate of drug-likeness (QED) is 0.844. The van der Waals surface area contributed by atoms with Crippen LogP contribution in [0.5, 0.6) is 0 Å². The summed E-state index contributed by atoms with van der Waals surface area (Å²) in [5.41, 5.74) is 6.12. The van der Waals surface area contributed by atoms with Gasteiger partial charge in [-0.1, -0.05) is 11.8 Å². The Morgan fingerprint density at radius 2 is 2.28 bits per heavy atom. The summed E-state index contributed by atoms with van der Waals surface area (Å²) in [5, 5.41) is 8.48. The molecular formula is C11H14N4O2S. The summed E-state index contributed by atoms with van der Waals surface area (Å²) in [6.45, 7) is 3.60. The van der Waals surface area contributed by atoms with Crippen LogP contribution < -0.4 is 5.73 Å². The lowest BCUT2D eigenvalue weighted by Gasteiger charge is -2.06. The second-order valence-corrected chi connectivity index (χ2v) is 5.23. The van der Waals surface area contributed by atoms with Crippen LogP contribution in [-0.2, 0) is 11.8 Å². The van der Waals surface area contributed by atoms with Crippen LogP contribution in [0.3, 0.4) is 0 Å². The molecule has 96 valence electrons. The minimum Gasteiger partial charge on any atom is -0.469 e. The zero-order valence-electron chi connectivity index (χ0n) is 10.4. The molecule has 0 aromatic carbocycles. The van der Waals surface area contributed by atoms with Crippen molar-refractivity contribution in [2.45, 2.75) is 24.3 Å². The van der Waals surface area contributed by atoms with Crippen LogP contribution in [0.2, 0.25) is 0 Å². The zero-order valence-corrected chi connectivity index (χ0v) is 11.2. The maximum absolute atomic E-state index is 11.0. The summed E-state index contributed by atoms with van der Waals surface area (Å²) in [5.74, 6) is 1.12. The molecule has 2 N–H and O–H groups in total. The van der Waals surface area contributed by atoms with Gasteiger partial charge in [-0.15, -0.1) is 10.2 Å². The number of hydrogen-bond acceptors (Lipinski definition) is 5. The lowest BCUT2D eigenvalue weighted by molar-refractivity contribution is -0.117. The Balaban J connectivity index is 2.30. The first-order valence-corrected chi connectivity index (χ1v) is 6.28. The highest BCUT2D eigenvalue weighted by atomic mass is 32.2. The van der Waals surface area contributed by atoms with E-state index >= 15 is 0 Å². The average Bonchev–Trinajstić information content (AvgIpc) is 2.87. The number of carbonyl (C=O) groups excluding carboxylic acids is 1. The van der Waals surface area contributed by atoms with E-state index in [9.17, 15) is 4.79 Å². The van der Waals surface area contributed by atoms with Crippen LogP contribution in [0, 0.1) is 6.92 Å². The van der Waals surface area contributed by atoms with Gasteiger partial charge in [-0.25, -0.2) is 0 Å². The average molecular weight is 266 g/mol. The summed E-state index contributed by atoms with van der Waals surface area (Å²) < 4.78 is 7.06. The van der Waals surface area contributed by atoms with Crippen LogP contribution in [-0.4, -0.2) is 25.9 Å². The van der Waals surface area contributed by atoms with Crippen molar-refractivity contribution in [3.8, 4) is 11.4 Å². The van der Waals surface area contributed by atoms with E-state index in [-0.39, 0.29) is 11.2 Å². The number of nitrogens with two attached hydrogens (primary N) is 1. The van der Waals surface area contributed by atoms with E-state index in [2.05, 4.69) is 10.2 Å². The van der Waals surface area contributed by atoms with E-state index in [1.54, 1.807) is 13.2 Å². The van der Waals surface area contributed by atoms with Gasteiger partial charge in [-0.2, -0.15) is 0 Å². The lowest BCUT2D eigenvalue weighted by Crippen LogP contribution is -2.22. The third kappa shape index (κ3) is 2.26. The fourth-order valence-electron chi connectivity index (χ4n) is 1.49. The zero-order chi connectivity index (χ0) is 13.3. The lowest BCUT2D eigenvalue weighted by atomic mass is 10.2. The van der Waals surface area contributed by atoms with Crippen molar-refractivity contribution in [3.63, 3.8) is 0 Å². The van der Waals surface area contributed by atoms with Crippen molar-refractivity contribution in [2.24, 2.45) is 12.8 Å². The summed E-state index contributed by atoms with van der Waals surface area (Å²) in [6, 6.07) is 1.84. The maximum Gasteiger partial charge on any atom is 0.230 e. The highest BCUT2D eigenvalue weighted by molar-refractivity contribution is 8.00. The number of thioether (sulfide) groups is 1. The van der Waals surface area contributed by atoms with Crippen molar-refractivity contribution >= 4 is 17.7 Å². The molecule has 0 aliphatic rings. The molecule has 1 atom stereocenters. The normalized spacial score (nSPS) is 12.6. The summed E-state index contributed by atoms with van der Waals surface area (Å²) >= 11 is 1.29. The molecule has 6 nitrogen and oxygen atoms in total. The van der Waals surface area contributed by atoms with Crippen LogP contribution in [0.15, 0.2) is 21.9 Å². The fraction of sp³-hybridized carbons (Fsp3) is 0.364. The second-order valence-electron chi connectivity index (χ2n) is 3.92. The molecule has 0 fully saturated rings. The van der Waals surface area contributed by atoms with Gasteiger partial charge in [-0.05, 0) is 19.9 Å². The van der Waals surface area contributed by atoms with Gasteiger partial charge in [0.05, 0.1) is 17.1 Å². The first kappa shape index (κ1) is 12.7. The largest absolute Gasteiger partial charge is 0.469 e. The third-order valence-corrected chi connectivity index (χ3v) is 3.77. The van der Waals surface area contributed by atoms with E-state index < -0.39 is 0 Å². The second kappa shape index (κ2) is 4.85. The van der Waals surface area contributed by atoms with Gasteiger partial charge in [0.1, 0.15) is 5.76 Å². The summed E-state index contributed by atoms with van der Waals surface area (Å²) in [6.07, 6.45) is 1.61. The molecule has 0 saturated carbocycles. The van der Waals surface area contributed by atoms with Crippen molar-refractivity contribution in [1.82, 2.24) is 14.8 Å². The first-order valence-electron chi connectivity index (χ1n) is 5.40. The number of carbonyl (C=O) groups is 1. The van der Waals surface area contributed by atoms with Gasteiger partial charge in [-0.3, -0.25) is 4.79 Å². The molecule has 1 amide bonds. The van der Waals surface area contributed by atoms with Crippen molar-refractivity contribution in [3.05, 3.63) is 18.1 Å². The number of aromatic nitrogens is 3. The van der Waals surface area contributed by atoms with Crippen LogP contribution in [0.1, 0.15) is 12.7 Å². The standard InChI is InChI=1S/C11H14N4O2S/c1-6-8(4-5-17-6)10-13-14-11(15(10)3)18-7(2)9(12)16/h4-5,7H,1-3H3,(H2,12,16)/t7-/m1/s1. The van der Waals surface area contributed by atoms with E-state index in [1.807, 2.05) is 24.6 Å². The van der Waals surface area contributed by atoms with Gasteiger partial charge in [0.25, 0.3) is 0 Å². The van der Waals surface area contributed by atoms with E-state index in [0.717, 1.165) is 11.3 Å². The molecule has 0 saturated heterocycles. The summed E-state index contributed by atoms with van der Waals surface area (Å²) in [7, 11) is 1.85. The predicted octanol–water partition coefficient (Wildman–Crippen LogP) is 1.35. The van der Waals surface area contributed by atoms with Crippen molar-refractivity contribution in [2.75, 3.05) is 0 Å². The Morgan fingerprint density at radius 3 is 2.83 bits per heavy atom. The molecule has 18 heavy (non-hydrogen) atoms. The van der Waals surface area contributed by atoms with Crippen LogP contribution in [0.25, 0.3) is 11.4 Å². The van der Waals surface area contributed by atoms with Crippen molar-refractivity contribution < 1.29 is 9.21 Å².